The molecule has 3 nitrogen and oxygen atoms in total. The molecule has 16 heavy (non-hydrogen) atoms. The summed E-state index contributed by atoms with van der Waals surface area (Å²) in [7, 11) is 1.41. The van der Waals surface area contributed by atoms with Crippen molar-refractivity contribution < 1.29 is 9.53 Å². The van der Waals surface area contributed by atoms with Crippen molar-refractivity contribution >= 4 is 23.4 Å². The Morgan fingerprint density at radius 2 is 2.06 bits per heavy atom. The number of hydrogen-bond acceptors (Lipinski definition) is 4. The van der Waals surface area contributed by atoms with Gasteiger partial charge < -0.3 is 10.1 Å². The Morgan fingerprint density at radius 1 is 1.44 bits per heavy atom. The summed E-state index contributed by atoms with van der Waals surface area (Å²) in [5.41, 5.74) is 1.02. The summed E-state index contributed by atoms with van der Waals surface area (Å²) in [6.07, 6.45) is 2.04. The molecule has 1 N–H and O–H groups in total. The van der Waals surface area contributed by atoms with Gasteiger partial charge in [-0.25, -0.2) is 0 Å². The van der Waals surface area contributed by atoms with Crippen LogP contribution in [-0.4, -0.2) is 25.9 Å². The Labute approximate surface area is 101 Å². The standard InChI is InChI=1S/C12H17NO2S/c1-9(12(14)15-2)8-13-10-4-6-11(16-3)7-5-10/h4-7,9,13H,8H2,1-3H3. The molecular formula is C12H17NO2S. The lowest BCUT2D eigenvalue weighted by Gasteiger charge is -2.11. The van der Waals surface area contributed by atoms with Crippen molar-refractivity contribution in [3.8, 4) is 0 Å². The van der Waals surface area contributed by atoms with Crippen molar-refractivity contribution in [1.82, 2.24) is 0 Å². The maximum absolute atomic E-state index is 11.2. The number of benzene rings is 1. The number of carbonyl (C=O) groups is 1. The Kier molecular flexibility index (Phi) is 5.19. The minimum Gasteiger partial charge on any atom is -0.469 e. The number of ether oxygens (including phenoxy) is 1. The van der Waals surface area contributed by atoms with E-state index in [0.717, 1.165) is 5.69 Å². The van der Waals surface area contributed by atoms with Crippen molar-refractivity contribution in [3.05, 3.63) is 24.3 Å². The summed E-state index contributed by atoms with van der Waals surface area (Å²) in [4.78, 5) is 12.4. The molecule has 1 atom stereocenters. The molecular weight excluding hydrogens is 222 g/mol. The van der Waals surface area contributed by atoms with Crippen LogP contribution < -0.4 is 5.32 Å². The predicted octanol–water partition coefficient (Wildman–Crippen LogP) is 2.63. The normalized spacial score (nSPS) is 11.9. The molecule has 0 aliphatic heterocycles. The Bertz CT molecular complexity index is 337. The van der Waals surface area contributed by atoms with Gasteiger partial charge in [-0.15, -0.1) is 11.8 Å². The van der Waals surface area contributed by atoms with E-state index in [0.29, 0.717) is 6.54 Å². The molecule has 4 heteroatoms. The van der Waals surface area contributed by atoms with Crippen LogP contribution in [-0.2, 0) is 9.53 Å². The van der Waals surface area contributed by atoms with Gasteiger partial charge in [-0.1, -0.05) is 6.92 Å². The summed E-state index contributed by atoms with van der Waals surface area (Å²) in [5, 5.41) is 3.20. The van der Waals surface area contributed by atoms with Gasteiger partial charge >= 0.3 is 5.97 Å². The number of esters is 1. The zero-order chi connectivity index (χ0) is 12.0. The molecule has 88 valence electrons. The molecule has 0 fully saturated rings. The van der Waals surface area contributed by atoms with Gasteiger partial charge in [-0.05, 0) is 30.5 Å². The van der Waals surface area contributed by atoms with Crippen molar-refractivity contribution in [3.63, 3.8) is 0 Å². The van der Waals surface area contributed by atoms with E-state index >= 15 is 0 Å². The first-order valence-electron chi connectivity index (χ1n) is 5.13. The van der Waals surface area contributed by atoms with E-state index in [-0.39, 0.29) is 11.9 Å². The SMILES string of the molecule is COC(=O)C(C)CNc1ccc(SC)cc1. The third-order valence-corrected chi connectivity index (χ3v) is 3.05. The number of anilines is 1. The van der Waals surface area contributed by atoms with Gasteiger partial charge in [0.2, 0.25) is 0 Å². The van der Waals surface area contributed by atoms with Gasteiger partial charge in [0, 0.05) is 17.1 Å². The second-order valence-electron chi connectivity index (χ2n) is 3.53. The van der Waals surface area contributed by atoms with E-state index in [9.17, 15) is 4.79 Å². The second-order valence-corrected chi connectivity index (χ2v) is 4.41. The van der Waals surface area contributed by atoms with Gasteiger partial charge in [-0.3, -0.25) is 4.79 Å². The lowest BCUT2D eigenvalue weighted by atomic mass is 10.2. The van der Waals surface area contributed by atoms with Crippen molar-refractivity contribution in [2.75, 3.05) is 25.2 Å². The van der Waals surface area contributed by atoms with Crippen LogP contribution in [0.5, 0.6) is 0 Å². The van der Waals surface area contributed by atoms with Crippen LogP contribution in [0, 0.1) is 5.92 Å². The van der Waals surface area contributed by atoms with E-state index in [1.165, 1.54) is 12.0 Å². The topological polar surface area (TPSA) is 38.3 Å². The molecule has 0 amide bonds. The highest BCUT2D eigenvalue weighted by atomic mass is 32.2. The molecule has 0 radical (unpaired) electrons. The van der Waals surface area contributed by atoms with E-state index in [1.54, 1.807) is 11.8 Å². The molecule has 1 aromatic carbocycles. The first kappa shape index (κ1) is 12.9. The summed E-state index contributed by atoms with van der Waals surface area (Å²) < 4.78 is 4.65. The Morgan fingerprint density at radius 3 is 2.56 bits per heavy atom. The quantitative estimate of drug-likeness (QED) is 0.633. The number of methoxy groups -OCH3 is 1. The average Bonchev–Trinajstić information content (AvgIpc) is 2.35. The van der Waals surface area contributed by atoms with Gasteiger partial charge in [0.15, 0.2) is 0 Å². The lowest BCUT2D eigenvalue weighted by molar-refractivity contribution is -0.144. The fourth-order valence-electron chi connectivity index (χ4n) is 1.26. The molecule has 1 rings (SSSR count). The van der Waals surface area contributed by atoms with Gasteiger partial charge in [-0.2, -0.15) is 0 Å². The van der Waals surface area contributed by atoms with Crippen molar-refractivity contribution in [2.24, 2.45) is 5.92 Å². The third kappa shape index (κ3) is 3.77. The number of rotatable bonds is 5. The summed E-state index contributed by atoms with van der Waals surface area (Å²) >= 11 is 1.71. The van der Waals surface area contributed by atoms with Crippen molar-refractivity contribution in [2.45, 2.75) is 11.8 Å². The predicted molar refractivity (Wildman–Crippen MR) is 67.9 cm³/mol. The second kappa shape index (κ2) is 6.43. The van der Waals surface area contributed by atoms with Crippen molar-refractivity contribution in [1.29, 1.82) is 0 Å². The van der Waals surface area contributed by atoms with Gasteiger partial charge in [0.25, 0.3) is 0 Å². The van der Waals surface area contributed by atoms with Crippen LogP contribution in [0.1, 0.15) is 6.92 Å². The summed E-state index contributed by atoms with van der Waals surface area (Å²) in [5.74, 6) is -0.321. The first-order valence-corrected chi connectivity index (χ1v) is 6.35. The smallest absolute Gasteiger partial charge is 0.310 e. The summed E-state index contributed by atoms with van der Waals surface area (Å²) in [6.45, 7) is 2.43. The monoisotopic (exact) mass is 239 g/mol. The molecule has 1 unspecified atom stereocenters. The molecule has 0 aromatic heterocycles. The molecule has 0 aliphatic rings. The van der Waals surface area contributed by atoms with E-state index < -0.39 is 0 Å². The zero-order valence-corrected chi connectivity index (χ0v) is 10.6. The van der Waals surface area contributed by atoms with E-state index in [4.69, 9.17) is 0 Å². The van der Waals surface area contributed by atoms with Crippen LogP contribution in [0.2, 0.25) is 0 Å². The molecule has 0 saturated carbocycles. The zero-order valence-electron chi connectivity index (χ0n) is 9.82. The Hall–Kier alpha value is -1.16. The van der Waals surface area contributed by atoms with Gasteiger partial charge in [0.05, 0.1) is 13.0 Å². The molecule has 0 heterocycles. The lowest BCUT2D eigenvalue weighted by Crippen LogP contribution is -2.21. The molecule has 0 saturated heterocycles. The highest BCUT2D eigenvalue weighted by molar-refractivity contribution is 7.98. The van der Waals surface area contributed by atoms with Crippen LogP contribution in [0.15, 0.2) is 29.2 Å². The fraction of sp³-hybridized carbons (Fsp3) is 0.417. The van der Waals surface area contributed by atoms with Crippen LogP contribution in [0.25, 0.3) is 0 Å². The van der Waals surface area contributed by atoms with Crippen LogP contribution >= 0.6 is 11.8 Å². The highest BCUT2D eigenvalue weighted by Crippen LogP contribution is 2.17. The minimum atomic E-state index is -0.187. The number of carbonyl (C=O) groups excluding carboxylic acids is 1. The number of thioether (sulfide) groups is 1. The van der Waals surface area contributed by atoms with E-state index in [2.05, 4.69) is 22.2 Å². The first-order chi connectivity index (χ1) is 7.67. The molecule has 0 aliphatic carbocycles. The van der Waals surface area contributed by atoms with Crippen LogP contribution in [0.4, 0.5) is 5.69 Å². The summed E-state index contributed by atoms with van der Waals surface area (Å²) in [6, 6.07) is 8.12. The highest BCUT2D eigenvalue weighted by Gasteiger charge is 2.11. The molecule has 0 spiro atoms. The van der Waals surface area contributed by atoms with E-state index in [1.807, 2.05) is 25.3 Å². The fourth-order valence-corrected chi connectivity index (χ4v) is 1.67. The van der Waals surface area contributed by atoms with Crippen LogP contribution in [0.3, 0.4) is 0 Å². The third-order valence-electron chi connectivity index (χ3n) is 2.31. The minimum absolute atomic E-state index is 0.134. The average molecular weight is 239 g/mol. The maximum atomic E-state index is 11.2. The van der Waals surface area contributed by atoms with Gasteiger partial charge in [0.1, 0.15) is 0 Å². The molecule has 0 bridgehead atoms. The number of nitrogens with one attached hydrogen (secondary N) is 1. The number of hydrogen-bond donors (Lipinski definition) is 1. The molecule has 1 aromatic rings. The maximum Gasteiger partial charge on any atom is 0.310 e. The Balaban J connectivity index is 2.45. The largest absolute Gasteiger partial charge is 0.469 e.